The molecule has 3 rings (SSSR count). The van der Waals surface area contributed by atoms with Gasteiger partial charge in [0.1, 0.15) is 0 Å². The molecule has 2 aliphatic heterocycles. The molecule has 0 saturated carbocycles. The van der Waals surface area contributed by atoms with Gasteiger partial charge in [-0.1, -0.05) is 0 Å². The highest BCUT2D eigenvalue weighted by Crippen LogP contribution is 2.26. The number of rotatable bonds is 3. The van der Waals surface area contributed by atoms with E-state index in [9.17, 15) is 4.79 Å². The van der Waals surface area contributed by atoms with Gasteiger partial charge in [0.15, 0.2) is 5.78 Å². The molecule has 96 valence electrons. The number of carbonyl (C=O) groups is 1. The molecule has 0 bridgehead atoms. The summed E-state index contributed by atoms with van der Waals surface area (Å²) in [5.74, 6) is 0.263. The van der Waals surface area contributed by atoms with Crippen molar-refractivity contribution in [3.63, 3.8) is 0 Å². The second-order valence-electron chi connectivity index (χ2n) is 5.53. The molecular weight excluding hydrogens is 224 g/mol. The van der Waals surface area contributed by atoms with Crippen molar-refractivity contribution in [2.75, 3.05) is 25.0 Å². The van der Waals surface area contributed by atoms with Crippen molar-refractivity contribution < 1.29 is 4.79 Å². The Kier molecular flexibility index (Phi) is 3.08. The summed E-state index contributed by atoms with van der Waals surface area (Å²) < 4.78 is 0. The normalized spacial score (nSPS) is 22.8. The van der Waals surface area contributed by atoms with E-state index in [-0.39, 0.29) is 5.78 Å². The number of likely N-dealkylation sites (tertiary alicyclic amines) is 1. The smallest absolute Gasteiger partial charge is 0.176 e. The molecule has 2 aliphatic rings. The molecule has 18 heavy (non-hydrogen) atoms. The number of nitrogens with one attached hydrogen (secondary N) is 1. The first-order valence-corrected chi connectivity index (χ1v) is 6.87. The molecule has 0 amide bonds. The zero-order chi connectivity index (χ0) is 12.5. The number of hydrogen-bond donors (Lipinski definition) is 1. The first-order chi connectivity index (χ1) is 8.72. The zero-order valence-electron chi connectivity index (χ0n) is 10.9. The summed E-state index contributed by atoms with van der Waals surface area (Å²) >= 11 is 0. The summed E-state index contributed by atoms with van der Waals surface area (Å²) in [6.45, 7) is 4.91. The average molecular weight is 244 g/mol. The van der Waals surface area contributed by atoms with Gasteiger partial charge in [0.2, 0.25) is 0 Å². The van der Waals surface area contributed by atoms with E-state index in [1.54, 1.807) is 0 Å². The van der Waals surface area contributed by atoms with Crippen molar-refractivity contribution in [3.8, 4) is 0 Å². The van der Waals surface area contributed by atoms with E-state index in [4.69, 9.17) is 0 Å². The second kappa shape index (κ2) is 4.73. The van der Waals surface area contributed by atoms with Crippen molar-refractivity contribution in [1.29, 1.82) is 0 Å². The Labute approximate surface area is 108 Å². The third-order valence-corrected chi connectivity index (χ3v) is 3.92. The topological polar surface area (TPSA) is 32.3 Å². The van der Waals surface area contributed by atoms with Crippen molar-refractivity contribution in [2.24, 2.45) is 0 Å². The van der Waals surface area contributed by atoms with Crippen LogP contribution >= 0.6 is 0 Å². The summed E-state index contributed by atoms with van der Waals surface area (Å²) in [6, 6.07) is 6.58. The predicted molar refractivity (Wildman–Crippen MR) is 73.2 cm³/mol. The zero-order valence-corrected chi connectivity index (χ0v) is 10.9. The molecule has 1 saturated heterocycles. The largest absolute Gasteiger partial charge is 0.382 e. The number of anilines is 1. The first-order valence-electron chi connectivity index (χ1n) is 6.87. The Bertz CT molecular complexity index is 464. The molecule has 3 heteroatoms. The lowest BCUT2D eigenvalue weighted by Crippen LogP contribution is -2.26. The molecular formula is C15H20N2O. The Morgan fingerprint density at radius 2 is 2.17 bits per heavy atom. The van der Waals surface area contributed by atoms with Crippen LogP contribution in [0.25, 0.3) is 0 Å². The summed E-state index contributed by atoms with van der Waals surface area (Å²) in [5.41, 5.74) is 3.35. The quantitative estimate of drug-likeness (QED) is 0.828. The maximum absolute atomic E-state index is 12.2. The van der Waals surface area contributed by atoms with E-state index >= 15 is 0 Å². The maximum atomic E-state index is 12.2. The van der Waals surface area contributed by atoms with Gasteiger partial charge < -0.3 is 5.32 Å². The third kappa shape index (κ3) is 2.27. The van der Waals surface area contributed by atoms with Crippen LogP contribution in [0.1, 0.15) is 35.7 Å². The van der Waals surface area contributed by atoms with Crippen LogP contribution in [-0.2, 0) is 6.42 Å². The summed E-state index contributed by atoms with van der Waals surface area (Å²) in [6.07, 6.45) is 3.50. The maximum Gasteiger partial charge on any atom is 0.176 e. The third-order valence-electron chi connectivity index (χ3n) is 3.92. The fourth-order valence-corrected chi connectivity index (χ4v) is 2.96. The van der Waals surface area contributed by atoms with Crippen LogP contribution in [-0.4, -0.2) is 36.4 Å². The van der Waals surface area contributed by atoms with Crippen molar-refractivity contribution >= 4 is 11.5 Å². The van der Waals surface area contributed by atoms with E-state index in [1.165, 1.54) is 24.1 Å². The van der Waals surface area contributed by atoms with Gasteiger partial charge in [0.25, 0.3) is 0 Å². The molecule has 0 aromatic heterocycles. The molecule has 3 nitrogen and oxygen atoms in total. The van der Waals surface area contributed by atoms with Gasteiger partial charge >= 0.3 is 0 Å². The summed E-state index contributed by atoms with van der Waals surface area (Å²) in [7, 11) is 0. The van der Waals surface area contributed by atoms with Crippen LogP contribution in [0.15, 0.2) is 18.2 Å². The van der Waals surface area contributed by atoms with E-state index in [0.29, 0.717) is 12.6 Å². The van der Waals surface area contributed by atoms with E-state index in [2.05, 4.69) is 29.3 Å². The van der Waals surface area contributed by atoms with E-state index < -0.39 is 0 Å². The highest BCUT2D eigenvalue weighted by molar-refractivity contribution is 5.98. The van der Waals surface area contributed by atoms with Crippen molar-refractivity contribution in [3.05, 3.63) is 29.3 Å². The van der Waals surface area contributed by atoms with Crippen LogP contribution in [0.3, 0.4) is 0 Å². The van der Waals surface area contributed by atoms with Gasteiger partial charge in [-0.3, -0.25) is 9.69 Å². The SMILES string of the molecule is CC1Cc2cc(C(=O)CN3CCCC3)ccc2N1. The van der Waals surface area contributed by atoms with Crippen molar-refractivity contribution in [1.82, 2.24) is 4.90 Å². The van der Waals surface area contributed by atoms with Crippen LogP contribution in [0, 0.1) is 0 Å². The minimum atomic E-state index is 0.263. The van der Waals surface area contributed by atoms with Crippen LogP contribution in [0.5, 0.6) is 0 Å². The first kappa shape index (κ1) is 11.7. The fraction of sp³-hybridized carbons (Fsp3) is 0.533. The van der Waals surface area contributed by atoms with Crippen LogP contribution in [0.2, 0.25) is 0 Å². The predicted octanol–water partition coefficient (Wildman–Crippen LogP) is 2.32. The molecule has 1 unspecified atom stereocenters. The Morgan fingerprint density at radius 1 is 1.39 bits per heavy atom. The van der Waals surface area contributed by atoms with Crippen LogP contribution in [0.4, 0.5) is 5.69 Å². The molecule has 1 atom stereocenters. The Hall–Kier alpha value is -1.35. The number of hydrogen-bond acceptors (Lipinski definition) is 3. The van der Waals surface area contributed by atoms with Crippen LogP contribution < -0.4 is 5.32 Å². The lowest BCUT2D eigenvalue weighted by molar-refractivity contribution is 0.0945. The number of ketones is 1. The van der Waals surface area contributed by atoms with E-state index in [0.717, 1.165) is 25.1 Å². The molecule has 2 heterocycles. The average Bonchev–Trinajstić information content (AvgIpc) is 2.95. The molecule has 1 fully saturated rings. The van der Waals surface area contributed by atoms with Crippen molar-refractivity contribution in [2.45, 2.75) is 32.2 Å². The van der Waals surface area contributed by atoms with Gasteiger partial charge in [-0.05, 0) is 63.0 Å². The van der Waals surface area contributed by atoms with Gasteiger partial charge in [-0.15, -0.1) is 0 Å². The Morgan fingerprint density at radius 3 is 2.94 bits per heavy atom. The minimum Gasteiger partial charge on any atom is -0.382 e. The monoisotopic (exact) mass is 244 g/mol. The Balaban J connectivity index is 1.72. The molecule has 1 N–H and O–H groups in total. The molecule has 0 aliphatic carbocycles. The highest BCUT2D eigenvalue weighted by Gasteiger charge is 2.20. The molecule has 0 spiro atoms. The highest BCUT2D eigenvalue weighted by atomic mass is 16.1. The molecule has 1 aromatic rings. The standard InChI is InChI=1S/C15H20N2O/c1-11-8-13-9-12(4-5-14(13)16-11)15(18)10-17-6-2-3-7-17/h4-5,9,11,16H,2-3,6-8,10H2,1H3. The lowest BCUT2D eigenvalue weighted by atomic mass is 10.0. The second-order valence-corrected chi connectivity index (χ2v) is 5.53. The molecule has 0 radical (unpaired) electrons. The number of Topliss-reactive ketones (excluding diaryl/α,β-unsaturated/α-hetero) is 1. The molecule has 1 aromatic carbocycles. The van der Waals surface area contributed by atoms with E-state index in [1.807, 2.05) is 6.07 Å². The number of benzene rings is 1. The summed E-state index contributed by atoms with van der Waals surface area (Å²) in [4.78, 5) is 14.5. The van der Waals surface area contributed by atoms with Gasteiger partial charge in [0, 0.05) is 17.3 Å². The lowest BCUT2D eigenvalue weighted by Gasteiger charge is -2.13. The van der Waals surface area contributed by atoms with Gasteiger partial charge in [0.05, 0.1) is 6.54 Å². The number of fused-ring (bicyclic) bond motifs is 1. The summed E-state index contributed by atoms with van der Waals surface area (Å²) in [5, 5.41) is 3.41. The van der Waals surface area contributed by atoms with Gasteiger partial charge in [-0.25, -0.2) is 0 Å². The number of carbonyl (C=O) groups excluding carboxylic acids is 1. The minimum absolute atomic E-state index is 0.263. The number of nitrogens with zero attached hydrogens (tertiary/aromatic N) is 1. The van der Waals surface area contributed by atoms with Gasteiger partial charge in [-0.2, -0.15) is 0 Å². The fourth-order valence-electron chi connectivity index (χ4n) is 2.96.